The largest absolute Gasteiger partial charge is 0.310 e. The second-order valence-electron chi connectivity index (χ2n) is 16.2. The zero-order valence-electron chi connectivity index (χ0n) is 33.1. The van der Waals surface area contributed by atoms with Crippen molar-refractivity contribution in [2.75, 3.05) is 4.90 Å². The van der Waals surface area contributed by atoms with E-state index in [-0.39, 0.29) is 5.41 Å². The molecule has 0 saturated heterocycles. The molecule has 0 N–H and O–H groups in total. The summed E-state index contributed by atoms with van der Waals surface area (Å²) < 4.78 is 2.65. The maximum atomic E-state index is 2.42. The van der Waals surface area contributed by atoms with Gasteiger partial charge in [-0.3, -0.25) is 0 Å². The van der Waals surface area contributed by atoms with Gasteiger partial charge < -0.3 is 4.90 Å². The van der Waals surface area contributed by atoms with Crippen molar-refractivity contribution in [2.45, 2.75) is 19.3 Å². The van der Waals surface area contributed by atoms with Crippen LogP contribution in [0, 0.1) is 0 Å². The van der Waals surface area contributed by atoms with E-state index in [0.29, 0.717) is 0 Å². The monoisotopic (exact) mass is 771 g/mol. The van der Waals surface area contributed by atoms with Crippen LogP contribution in [0.1, 0.15) is 25.0 Å². The molecular formula is C57H41NS. The van der Waals surface area contributed by atoms with Crippen molar-refractivity contribution in [2.24, 2.45) is 0 Å². The van der Waals surface area contributed by atoms with Crippen molar-refractivity contribution < 1.29 is 0 Å². The maximum Gasteiger partial charge on any atom is 0.0465 e. The third kappa shape index (κ3) is 6.16. The summed E-state index contributed by atoms with van der Waals surface area (Å²) in [6, 6.07) is 78.1. The number of rotatable bonds is 7. The van der Waals surface area contributed by atoms with Crippen LogP contribution in [-0.2, 0) is 5.41 Å². The lowest BCUT2D eigenvalue weighted by Gasteiger charge is -2.28. The van der Waals surface area contributed by atoms with Crippen LogP contribution in [0.5, 0.6) is 0 Å². The van der Waals surface area contributed by atoms with Crippen LogP contribution in [0.3, 0.4) is 0 Å². The molecule has 10 aromatic rings. The van der Waals surface area contributed by atoms with E-state index < -0.39 is 0 Å². The average molecular weight is 772 g/mol. The van der Waals surface area contributed by atoms with Crippen molar-refractivity contribution in [3.63, 3.8) is 0 Å². The minimum atomic E-state index is -0.104. The van der Waals surface area contributed by atoms with E-state index in [4.69, 9.17) is 0 Å². The molecular weight excluding hydrogens is 731 g/mol. The normalized spacial score (nSPS) is 12.7. The van der Waals surface area contributed by atoms with Gasteiger partial charge in [-0.1, -0.05) is 159 Å². The fourth-order valence-electron chi connectivity index (χ4n) is 9.18. The van der Waals surface area contributed by atoms with Crippen LogP contribution in [0.4, 0.5) is 17.1 Å². The third-order valence-corrected chi connectivity index (χ3v) is 13.4. The van der Waals surface area contributed by atoms with Gasteiger partial charge in [0.05, 0.1) is 0 Å². The summed E-state index contributed by atoms with van der Waals surface area (Å²) in [7, 11) is 0. The fraction of sp³-hybridized carbons (Fsp3) is 0.0526. The van der Waals surface area contributed by atoms with Gasteiger partial charge in [0.2, 0.25) is 0 Å². The highest BCUT2D eigenvalue weighted by Crippen LogP contribution is 2.51. The molecule has 0 saturated carbocycles. The number of anilines is 3. The van der Waals surface area contributed by atoms with Crippen molar-refractivity contribution >= 4 is 48.6 Å². The number of benzene rings is 9. The zero-order valence-corrected chi connectivity index (χ0v) is 33.9. The highest BCUT2D eigenvalue weighted by Gasteiger charge is 2.35. The molecule has 59 heavy (non-hydrogen) atoms. The summed E-state index contributed by atoms with van der Waals surface area (Å²) in [5.41, 5.74) is 18.3. The number of hydrogen-bond acceptors (Lipinski definition) is 2. The van der Waals surface area contributed by atoms with Gasteiger partial charge in [0.1, 0.15) is 0 Å². The second-order valence-corrected chi connectivity index (χ2v) is 17.3. The summed E-state index contributed by atoms with van der Waals surface area (Å²) in [6.45, 7) is 4.71. The Hall–Kier alpha value is -7.00. The molecule has 280 valence electrons. The first-order valence-electron chi connectivity index (χ1n) is 20.4. The van der Waals surface area contributed by atoms with Gasteiger partial charge in [-0.2, -0.15) is 0 Å². The Morgan fingerprint density at radius 2 is 0.797 bits per heavy atom. The molecule has 0 spiro atoms. The van der Waals surface area contributed by atoms with Crippen LogP contribution < -0.4 is 4.90 Å². The second kappa shape index (κ2) is 14.1. The number of nitrogens with zero attached hydrogens (tertiary/aromatic N) is 1. The van der Waals surface area contributed by atoms with Gasteiger partial charge in [-0.15, -0.1) is 11.3 Å². The first kappa shape index (κ1) is 35.2. The smallest absolute Gasteiger partial charge is 0.0465 e. The molecule has 0 unspecified atom stereocenters. The SMILES string of the molecule is CC1(C)c2ccccc2-c2ccc(N(c3ccc(-c4cc(-c5ccccc5)cc(-c5ccccc5)c4)cc3)c3ccc(-c4ccc5c(c4)sc4ccccc45)cc3)cc21. The standard InChI is InChI=1S/C57H41NS/c1-57(2)53-19-11-9-17-49(53)50-32-30-48(37-54(50)57)58(46-26-21-40(22-27-46)42-25-31-52-51-18-10-12-20-55(51)59-56(52)36-42)47-28-23-41(24-29-47)45-34-43(38-13-5-3-6-14-38)33-44(35-45)39-15-7-4-8-16-39/h3-37H,1-2H3. The first-order valence-corrected chi connectivity index (χ1v) is 21.2. The molecule has 0 amide bonds. The van der Waals surface area contributed by atoms with Crippen molar-refractivity contribution in [1.82, 2.24) is 0 Å². The van der Waals surface area contributed by atoms with Crippen LogP contribution in [0.2, 0.25) is 0 Å². The van der Waals surface area contributed by atoms with E-state index in [1.165, 1.54) is 86.9 Å². The molecule has 1 aliphatic carbocycles. The topological polar surface area (TPSA) is 3.24 Å². The van der Waals surface area contributed by atoms with Gasteiger partial charge >= 0.3 is 0 Å². The third-order valence-electron chi connectivity index (χ3n) is 12.3. The summed E-state index contributed by atoms with van der Waals surface area (Å²) in [5, 5.41) is 2.66. The van der Waals surface area contributed by atoms with E-state index in [0.717, 1.165) is 17.1 Å². The molecule has 2 heteroatoms. The van der Waals surface area contributed by atoms with Crippen molar-refractivity contribution in [3.8, 4) is 55.6 Å². The predicted octanol–water partition coefficient (Wildman–Crippen LogP) is 16.5. The maximum absolute atomic E-state index is 2.42. The molecule has 9 aromatic carbocycles. The van der Waals surface area contributed by atoms with Crippen LogP contribution >= 0.6 is 11.3 Å². The highest BCUT2D eigenvalue weighted by molar-refractivity contribution is 7.25. The lowest BCUT2D eigenvalue weighted by Crippen LogP contribution is -2.16. The Labute approximate surface area is 350 Å². The van der Waals surface area contributed by atoms with E-state index >= 15 is 0 Å². The molecule has 0 radical (unpaired) electrons. The van der Waals surface area contributed by atoms with E-state index in [9.17, 15) is 0 Å². The Morgan fingerprint density at radius 3 is 1.44 bits per heavy atom. The Morgan fingerprint density at radius 1 is 0.322 bits per heavy atom. The predicted molar refractivity (Wildman–Crippen MR) is 253 cm³/mol. The molecule has 1 heterocycles. The lowest BCUT2D eigenvalue weighted by atomic mass is 9.82. The molecule has 0 fully saturated rings. The Balaban J connectivity index is 1.01. The quantitative estimate of drug-likeness (QED) is 0.156. The van der Waals surface area contributed by atoms with Crippen molar-refractivity contribution in [1.29, 1.82) is 0 Å². The summed E-state index contributed by atoms with van der Waals surface area (Å²) in [4.78, 5) is 2.41. The summed E-state index contributed by atoms with van der Waals surface area (Å²) in [6.07, 6.45) is 0. The molecule has 0 aliphatic heterocycles. The Bertz CT molecular complexity index is 3100. The lowest BCUT2D eigenvalue weighted by molar-refractivity contribution is 0.660. The number of fused-ring (bicyclic) bond motifs is 6. The average Bonchev–Trinajstić information content (AvgIpc) is 3.78. The summed E-state index contributed by atoms with van der Waals surface area (Å²) >= 11 is 1.87. The molecule has 1 aliphatic rings. The van der Waals surface area contributed by atoms with Crippen LogP contribution in [0.25, 0.3) is 75.8 Å². The van der Waals surface area contributed by atoms with E-state index in [2.05, 4.69) is 231 Å². The molecule has 1 nitrogen and oxygen atoms in total. The van der Waals surface area contributed by atoms with Crippen molar-refractivity contribution in [3.05, 3.63) is 223 Å². The molecule has 0 atom stereocenters. The number of hydrogen-bond donors (Lipinski definition) is 0. The Kier molecular flexibility index (Phi) is 8.43. The van der Waals surface area contributed by atoms with E-state index in [1.807, 2.05) is 11.3 Å². The van der Waals surface area contributed by atoms with Gasteiger partial charge in [0.15, 0.2) is 0 Å². The van der Waals surface area contributed by atoms with Gasteiger partial charge in [-0.25, -0.2) is 0 Å². The minimum absolute atomic E-state index is 0.104. The summed E-state index contributed by atoms with van der Waals surface area (Å²) in [5.74, 6) is 0. The fourth-order valence-corrected chi connectivity index (χ4v) is 10.3. The molecule has 11 rings (SSSR count). The first-order chi connectivity index (χ1) is 29.0. The highest BCUT2D eigenvalue weighted by atomic mass is 32.1. The van der Waals surface area contributed by atoms with Gasteiger partial charge in [-0.05, 0) is 133 Å². The minimum Gasteiger partial charge on any atom is -0.310 e. The molecule has 0 bridgehead atoms. The van der Waals surface area contributed by atoms with E-state index in [1.54, 1.807) is 0 Å². The number of thiophene rings is 1. The van der Waals surface area contributed by atoms with Crippen LogP contribution in [0.15, 0.2) is 212 Å². The van der Waals surface area contributed by atoms with Gasteiger partial charge in [0, 0.05) is 42.6 Å². The zero-order chi connectivity index (χ0) is 39.5. The molecule has 1 aromatic heterocycles. The van der Waals surface area contributed by atoms with Crippen LogP contribution in [-0.4, -0.2) is 0 Å². The van der Waals surface area contributed by atoms with Gasteiger partial charge in [0.25, 0.3) is 0 Å².